The number of furan rings is 1. The van der Waals surface area contributed by atoms with E-state index in [0.717, 1.165) is 10.2 Å². The normalized spacial score (nSPS) is 10.3. The molecule has 1 aromatic carbocycles. The van der Waals surface area contributed by atoms with Gasteiger partial charge in [0.1, 0.15) is 29.4 Å². The largest absolute Gasteiger partial charge is 0.484 e. The van der Waals surface area contributed by atoms with Crippen molar-refractivity contribution in [2.45, 2.75) is 13.5 Å². The Labute approximate surface area is 119 Å². The molecule has 0 saturated heterocycles. The maximum absolute atomic E-state index is 11.4. The Bertz CT molecular complexity index is 589. The number of ether oxygens (including phenoxy) is 2. The van der Waals surface area contributed by atoms with Gasteiger partial charge in [0.05, 0.1) is 11.6 Å². The standard InChI is InChI=1S/C14H13BrO4/c1-9-11(14(16)17-2)7-10(19-9)8-18-13-6-4-3-5-12(13)15/h3-7H,8H2,1-2H3. The van der Waals surface area contributed by atoms with Gasteiger partial charge in [-0.25, -0.2) is 4.79 Å². The van der Waals surface area contributed by atoms with Crippen LogP contribution in [0.2, 0.25) is 0 Å². The van der Waals surface area contributed by atoms with Crippen molar-refractivity contribution in [1.82, 2.24) is 0 Å². The monoisotopic (exact) mass is 324 g/mol. The van der Waals surface area contributed by atoms with Gasteiger partial charge >= 0.3 is 5.97 Å². The molecule has 100 valence electrons. The van der Waals surface area contributed by atoms with Crippen molar-refractivity contribution in [3.05, 3.63) is 51.9 Å². The van der Waals surface area contributed by atoms with Crippen molar-refractivity contribution in [3.63, 3.8) is 0 Å². The summed E-state index contributed by atoms with van der Waals surface area (Å²) in [4.78, 5) is 11.4. The van der Waals surface area contributed by atoms with Gasteiger partial charge < -0.3 is 13.9 Å². The molecular formula is C14H13BrO4. The van der Waals surface area contributed by atoms with Crippen LogP contribution >= 0.6 is 15.9 Å². The average Bonchev–Trinajstić information content (AvgIpc) is 2.78. The van der Waals surface area contributed by atoms with E-state index in [1.165, 1.54) is 7.11 Å². The predicted octanol–water partition coefficient (Wildman–Crippen LogP) is 3.72. The lowest BCUT2D eigenvalue weighted by molar-refractivity contribution is 0.0599. The molecule has 2 aromatic rings. The molecule has 0 fully saturated rings. The number of carbonyl (C=O) groups is 1. The highest BCUT2D eigenvalue weighted by Gasteiger charge is 2.15. The number of rotatable bonds is 4. The molecule has 0 radical (unpaired) electrons. The molecule has 0 amide bonds. The maximum atomic E-state index is 11.4. The zero-order valence-corrected chi connectivity index (χ0v) is 12.2. The Morgan fingerprint density at radius 3 is 2.79 bits per heavy atom. The lowest BCUT2D eigenvalue weighted by Crippen LogP contribution is -2.00. The third-order valence-corrected chi connectivity index (χ3v) is 3.24. The molecule has 0 spiro atoms. The highest BCUT2D eigenvalue weighted by molar-refractivity contribution is 9.10. The predicted molar refractivity (Wildman–Crippen MR) is 73.3 cm³/mol. The Kier molecular flexibility index (Phi) is 4.27. The topological polar surface area (TPSA) is 48.7 Å². The van der Waals surface area contributed by atoms with Gasteiger partial charge in [0, 0.05) is 0 Å². The number of carbonyl (C=O) groups excluding carboxylic acids is 1. The van der Waals surface area contributed by atoms with Crippen molar-refractivity contribution in [1.29, 1.82) is 0 Å². The van der Waals surface area contributed by atoms with E-state index >= 15 is 0 Å². The number of para-hydroxylation sites is 1. The highest BCUT2D eigenvalue weighted by Crippen LogP contribution is 2.25. The second-order valence-corrected chi connectivity index (χ2v) is 4.75. The van der Waals surface area contributed by atoms with Gasteiger partial charge in [0.2, 0.25) is 0 Å². The highest BCUT2D eigenvalue weighted by atomic mass is 79.9. The molecule has 0 bridgehead atoms. The molecule has 19 heavy (non-hydrogen) atoms. The number of aryl methyl sites for hydroxylation is 1. The SMILES string of the molecule is COC(=O)c1cc(COc2ccccc2Br)oc1C. The van der Waals surface area contributed by atoms with E-state index in [0.29, 0.717) is 17.1 Å². The minimum Gasteiger partial charge on any atom is -0.484 e. The average molecular weight is 325 g/mol. The number of esters is 1. The van der Waals surface area contributed by atoms with Gasteiger partial charge in [-0.1, -0.05) is 12.1 Å². The van der Waals surface area contributed by atoms with Crippen molar-refractivity contribution in [2.24, 2.45) is 0 Å². The van der Waals surface area contributed by atoms with E-state index in [1.807, 2.05) is 24.3 Å². The van der Waals surface area contributed by atoms with Crippen LogP contribution in [-0.2, 0) is 11.3 Å². The van der Waals surface area contributed by atoms with Crippen molar-refractivity contribution >= 4 is 21.9 Å². The van der Waals surface area contributed by atoms with Crippen molar-refractivity contribution in [3.8, 4) is 5.75 Å². The molecule has 1 heterocycles. The zero-order chi connectivity index (χ0) is 13.8. The van der Waals surface area contributed by atoms with Gasteiger partial charge in [-0.05, 0) is 41.1 Å². The van der Waals surface area contributed by atoms with Gasteiger partial charge in [0.15, 0.2) is 0 Å². The summed E-state index contributed by atoms with van der Waals surface area (Å²) in [5.74, 6) is 1.41. The number of halogens is 1. The van der Waals surface area contributed by atoms with E-state index in [2.05, 4.69) is 20.7 Å². The summed E-state index contributed by atoms with van der Waals surface area (Å²) in [7, 11) is 1.34. The molecule has 5 heteroatoms. The third-order valence-electron chi connectivity index (χ3n) is 2.58. The van der Waals surface area contributed by atoms with Crippen LogP contribution < -0.4 is 4.74 Å². The molecule has 0 atom stereocenters. The lowest BCUT2D eigenvalue weighted by atomic mass is 10.2. The second-order valence-electron chi connectivity index (χ2n) is 3.89. The van der Waals surface area contributed by atoms with Crippen LogP contribution in [0.4, 0.5) is 0 Å². The van der Waals surface area contributed by atoms with Gasteiger partial charge in [0.25, 0.3) is 0 Å². The summed E-state index contributed by atoms with van der Waals surface area (Å²) in [6.07, 6.45) is 0. The van der Waals surface area contributed by atoms with Crippen LogP contribution in [0.25, 0.3) is 0 Å². The first-order chi connectivity index (χ1) is 9.11. The fourth-order valence-electron chi connectivity index (χ4n) is 1.64. The van der Waals surface area contributed by atoms with Gasteiger partial charge in [-0.15, -0.1) is 0 Å². The van der Waals surface area contributed by atoms with Crippen LogP contribution in [0.3, 0.4) is 0 Å². The molecule has 0 aliphatic carbocycles. The summed E-state index contributed by atoms with van der Waals surface area (Å²) in [5, 5.41) is 0. The summed E-state index contributed by atoms with van der Waals surface area (Å²) in [5.41, 5.74) is 0.424. The van der Waals surface area contributed by atoms with Crippen LogP contribution in [-0.4, -0.2) is 13.1 Å². The minimum absolute atomic E-state index is 0.250. The van der Waals surface area contributed by atoms with Crippen LogP contribution in [0.1, 0.15) is 21.9 Å². The number of benzene rings is 1. The quantitative estimate of drug-likeness (QED) is 0.804. The third kappa shape index (κ3) is 3.17. The van der Waals surface area contributed by atoms with E-state index in [1.54, 1.807) is 13.0 Å². The summed E-state index contributed by atoms with van der Waals surface area (Å²) in [6, 6.07) is 9.17. The molecule has 1 aromatic heterocycles. The molecule has 0 unspecified atom stereocenters. The van der Waals surface area contributed by atoms with Crippen LogP contribution in [0.5, 0.6) is 5.75 Å². The first kappa shape index (κ1) is 13.7. The Hall–Kier alpha value is -1.75. The first-order valence-electron chi connectivity index (χ1n) is 5.66. The van der Waals surface area contributed by atoms with E-state index < -0.39 is 5.97 Å². The smallest absolute Gasteiger partial charge is 0.341 e. The Morgan fingerprint density at radius 2 is 2.11 bits per heavy atom. The number of methoxy groups -OCH3 is 1. The Balaban J connectivity index is 2.09. The van der Waals surface area contributed by atoms with E-state index in [-0.39, 0.29) is 6.61 Å². The first-order valence-corrected chi connectivity index (χ1v) is 6.46. The van der Waals surface area contributed by atoms with Crippen LogP contribution in [0, 0.1) is 6.92 Å². The maximum Gasteiger partial charge on any atom is 0.341 e. The fourth-order valence-corrected chi connectivity index (χ4v) is 2.04. The fraction of sp³-hybridized carbons (Fsp3) is 0.214. The molecule has 0 N–H and O–H groups in total. The van der Waals surface area contributed by atoms with E-state index in [9.17, 15) is 4.79 Å². The van der Waals surface area contributed by atoms with Crippen molar-refractivity contribution < 1.29 is 18.7 Å². The van der Waals surface area contributed by atoms with Crippen molar-refractivity contribution in [2.75, 3.05) is 7.11 Å². The zero-order valence-electron chi connectivity index (χ0n) is 10.6. The summed E-state index contributed by atoms with van der Waals surface area (Å²) >= 11 is 3.39. The van der Waals surface area contributed by atoms with Gasteiger partial charge in [-0.3, -0.25) is 0 Å². The number of hydrogen-bond acceptors (Lipinski definition) is 4. The van der Waals surface area contributed by atoms with Gasteiger partial charge in [-0.2, -0.15) is 0 Å². The second kappa shape index (κ2) is 5.93. The lowest BCUT2D eigenvalue weighted by Gasteiger charge is -2.05. The molecular weight excluding hydrogens is 312 g/mol. The molecule has 0 aliphatic rings. The molecule has 4 nitrogen and oxygen atoms in total. The molecule has 0 saturated carbocycles. The number of hydrogen-bond donors (Lipinski definition) is 0. The summed E-state index contributed by atoms with van der Waals surface area (Å²) in [6.45, 7) is 1.97. The van der Waals surface area contributed by atoms with E-state index in [4.69, 9.17) is 9.15 Å². The Morgan fingerprint density at radius 1 is 1.37 bits per heavy atom. The molecule has 2 rings (SSSR count). The van der Waals surface area contributed by atoms with Crippen LogP contribution in [0.15, 0.2) is 39.2 Å². The minimum atomic E-state index is -0.409. The summed E-state index contributed by atoms with van der Waals surface area (Å²) < 4.78 is 16.6. The molecule has 0 aliphatic heterocycles.